The Morgan fingerprint density at radius 1 is 1.20 bits per heavy atom. The minimum Gasteiger partial charge on any atom is -0.507 e. The molecule has 2 unspecified atom stereocenters. The second-order valence-electron chi connectivity index (χ2n) is 8.43. The van der Waals surface area contributed by atoms with Crippen LogP contribution in [-0.2, 0) is 4.79 Å². The predicted octanol–water partition coefficient (Wildman–Crippen LogP) is 5.34. The molecule has 0 radical (unpaired) electrons. The summed E-state index contributed by atoms with van der Waals surface area (Å²) in [6.45, 7) is 6.58. The highest BCUT2D eigenvalue weighted by Gasteiger charge is 2.46. The number of hydrogen-bond donors (Lipinski definition) is 1. The molecule has 5 rings (SSSR count). The summed E-state index contributed by atoms with van der Waals surface area (Å²) in [5.41, 5.74) is 6.19. The number of carbonyl (C=O) groups is 1. The van der Waals surface area contributed by atoms with E-state index < -0.39 is 0 Å². The summed E-state index contributed by atoms with van der Waals surface area (Å²) >= 11 is 0. The van der Waals surface area contributed by atoms with E-state index in [4.69, 9.17) is 4.42 Å². The summed E-state index contributed by atoms with van der Waals surface area (Å²) in [6.07, 6.45) is 8.08. The van der Waals surface area contributed by atoms with E-state index in [2.05, 4.69) is 26.8 Å². The van der Waals surface area contributed by atoms with E-state index >= 15 is 0 Å². The van der Waals surface area contributed by atoms with Crippen LogP contribution in [0.2, 0.25) is 0 Å². The van der Waals surface area contributed by atoms with E-state index in [1.165, 1.54) is 22.3 Å². The van der Waals surface area contributed by atoms with Crippen molar-refractivity contribution in [1.29, 1.82) is 0 Å². The summed E-state index contributed by atoms with van der Waals surface area (Å²) in [7, 11) is 0. The molecule has 0 aliphatic heterocycles. The molecule has 1 aromatic heterocycles. The van der Waals surface area contributed by atoms with E-state index in [0.717, 1.165) is 29.2 Å². The summed E-state index contributed by atoms with van der Waals surface area (Å²) < 4.78 is 5.45. The molecule has 0 bridgehead atoms. The van der Waals surface area contributed by atoms with Gasteiger partial charge in [0.2, 0.25) is 0 Å². The van der Waals surface area contributed by atoms with Gasteiger partial charge in [-0.1, -0.05) is 43.6 Å². The van der Waals surface area contributed by atoms with Gasteiger partial charge in [-0.2, -0.15) is 0 Å². The van der Waals surface area contributed by atoms with Gasteiger partial charge in [0, 0.05) is 34.6 Å². The van der Waals surface area contributed by atoms with Gasteiger partial charge in [-0.25, -0.2) is 0 Å². The molecule has 3 nitrogen and oxygen atoms in total. The molecule has 3 heteroatoms. The van der Waals surface area contributed by atoms with Crippen LogP contribution in [0.25, 0.3) is 16.8 Å². The normalized spacial score (nSPS) is 27.2. The zero-order valence-electron chi connectivity index (χ0n) is 14.8. The van der Waals surface area contributed by atoms with E-state index in [1.54, 1.807) is 18.6 Å². The zero-order chi connectivity index (χ0) is 17.5. The predicted molar refractivity (Wildman–Crippen MR) is 97.4 cm³/mol. The van der Waals surface area contributed by atoms with Crippen molar-refractivity contribution in [3.05, 3.63) is 46.4 Å². The highest BCUT2D eigenvalue weighted by molar-refractivity contribution is 5.95. The van der Waals surface area contributed by atoms with Gasteiger partial charge >= 0.3 is 0 Å². The van der Waals surface area contributed by atoms with Crippen LogP contribution in [-0.4, -0.2) is 10.9 Å². The number of allylic oxidation sites excluding steroid dienone is 3. The Kier molecular flexibility index (Phi) is 2.80. The first-order valence-corrected chi connectivity index (χ1v) is 9.07. The minimum absolute atomic E-state index is 0.0170. The second-order valence-corrected chi connectivity index (χ2v) is 8.43. The van der Waals surface area contributed by atoms with Crippen LogP contribution in [0.15, 0.2) is 39.7 Å². The van der Waals surface area contributed by atoms with Gasteiger partial charge in [-0.15, -0.1) is 0 Å². The number of fused-ring (bicyclic) bond motifs is 6. The SMILES string of the molecule is CC1C(=O)CCC2=C1CC(C)(C)C1=Cc3c(O)cc4cocc4c3C12. The molecule has 0 fully saturated rings. The molecule has 3 aliphatic carbocycles. The van der Waals surface area contributed by atoms with Crippen LogP contribution in [0.4, 0.5) is 0 Å². The number of aromatic hydroxyl groups is 1. The number of hydrogen-bond acceptors (Lipinski definition) is 3. The Morgan fingerprint density at radius 2 is 2.00 bits per heavy atom. The molecular formula is C22H22O3. The van der Waals surface area contributed by atoms with Crippen LogP contribution in [0.5, 0.6) is 5.75 Å². The average molecular weight is 334 g/mol. The van der Waals surface area contributed by atoms with E-state index in [-0.39, 0.29) is 17.3 Å². The van der Waals surface area contributed by atoms with Crippen molar-refractivity contribution in [3.63, 3.8) is 0 Å². The summed E-state index contributed by atoms with van der Waals surface area (Å²) in [5.74, 6) is 0.885. The number of phenols is 1. The number of ketones is 1. The summed E-state index contributed by atoms with van der Waals surface area (Å²) in [4.78, 5) is 12.3. The van der Waals surface area contributed by atoms with Gasteiger partial charge in [-0.05, 0) is 29.9 Å². The van der Waals surface area contributed by atoms with Crippen molar-refractivity contribution in [2.75, 3.05) is 0 Å². The first-order valence-electron chi connectivity index (χ1n) is 9.07. The fraction of sp³-hybridized carbons (Fsp3) is 0.409. The largest absolute Gasteiger partial charge is 0.507 e. The maximum absolute atomic E-state index is 12.3. The molecule has 1 aromatic carbocycles. The van der Waals surface area contributed by atoms with Crippen LogP contribution < -0.4 is 0 Å². The van der Waals surface area contributed by atoms with Crippen molar-refractivity contribution in [2.45, 2.75) is 46.0 Å². The number of furan rings is 1. The lowest BCUT2D eigenvalue weighted by molar-refractivity contribution is -0.122. The van der Waals surface area contributed by atoms with E-state index in [0.29, 0.717) is 18.0 Å². The van der Waals surface area contributed by atoms with Gasteiger partial charge < -0.3 is 9.52 Å². The first-order chi connectivity index (χ1) is 11.9. The zero-order valence-corrected chi connectivity index (χ0v) is 14.8. The Labute approximate surface area is 147 Å². The lowest BCUT2D eigenvalue weighted by Gasteiger charge is -2.43. The fourth-order valence-electron chi connectivity index (χ4n) is 5.23. The van der Waals surface area contributed by atoms with E-state index in [9.17, 15) is 9.90 Å². The molecule has 1 N–H and O–H groups in total. The molecule has 3 aliphatic rings. The quantitative estimate of drug-likeness (QED) is 0.661. The second kappa shape index (κ2) is 4.66. The van der Waals surface area contributed by atoms with Crippen molar-refractivity contribution in [1.82, 2.24) is 0 Å². The van der Waals surface area contributed by atoms with Crippen LogP contribution in [0.1, 0.15) is 57.1 Å². The molecule has 0 spiro atoms. The molecule has 0 amide bonds. The average Bonchev–Trinajstić information content (AvgIpc) is 3.16. The van der Waals surface area contributed by atoms with E-state index in [1.807, 2.05) is 0 Å². The summed E-state index contributed by atoms with van der Waals surface area (Å²) in [6, 6.07) is 1.79. The molecule has 128 valence electrons. The lowest BCUT2D eigenvalue weighted by atomic mass is 9.60. The van der Waals surface area contributed by atoms with Crippen LogP contribution in [0, 0.1) is 11.3 Å². The Balaban J connectivity index is 1.84. The Hall–Kier alpha value is -2.29. The van der Waals surface area contributed by atoms with Crippen molar-refractivity contribution < 1.29 is 14.3 Å². The van der Waals surface area contributed by atoms with Gasteiger partial charge in [0.15, 0.2) is 0 Å². The molecule has 2 atom stereocenters. The third-order valence-corrected chi connectivity index (χ3v) is 6.56. The highest BCUT2D eigenvalue weighted by Crippen LogP contribution is 2.60. The molecular weight excluding hydrogens is 312 g/mol. The first kappa shape index (κ1) is 15.0. The molecule has 0 saturated heterocycles. The lowest BCUT2D eigenvalue weighted by Crippen LogP contribution is -2.33. The third-order valence-electron chi connectivity index (χ3n) is 6.56. The van der Waals surface area contributed by atoms with Crippen molar-refractivity contribution in [2.24, 2.45) is 11.3 Å². The molecule has 0 saturated carbocycles. The van der Waals surface area contributed by atoms with Gasteiger partial charge in [0.25, 0.3) is 0 Å². The Morgan fingerprint density at radius 3 is 2.80 bits per heavy atom. The minimum atomic E-state index is -0.0170. The van der Waals surface area contributed by atoms with Crippen molar-refractivity contribution in [3.8, 4) is 5.75 Å². The molecule has 1 heterocycles. The maximum atomic E-state index is 12.3. The standard InChI is InChI=1S/C22H22O3/c1-11-15-8-22(2,3)17-7-14-19(24)6-12-9-25-10-16(12)20(14)21(17)13(15)4-5-18(11)23/h6-7,9-11,21,24H,4-5,8H2,1-3H3. The number of rotatable bonds is 0. The van der Waals surface area contributed by atoms with Crippen molar-refractivity contribution >= 4 is 22.6 Å². The monoisotopic (exact) mass is 334 g/mol. The third kappa shape index (κ3) is 1.84. The number of benzene rings is 1. The Bertz CT molecular complexity index is 1000. The van der Waals surface area contributed by atoms with Gasteiger partial charge in [-0.3, -0.25) is 4.79 Å². The fourth-order valence-corrected chi connectivity index (χ4v) is 5.23. The molecule has 2 aromatic rings. The van der Waals surface area contributed by atoms with Crippen LogP contribution >= 0.6 is 0 Å². The maximum Gasteiger partial charge on any atom is 0.140 e. The number of phenolic OH excluding ortho intramolecular Hbond substituents is 1. The van der Waals surface area contributed by atoms with Gasteiger partial charge in [0.1, 0.15) is 11.5 Å². The van der Waals surface area contributed by atoms with Gasteiger partial charge in [0.05, 0.1) is 12.5 Å². The topological polar surface area (TPSA) is 50.4 Å². The summed E-state index contributed by atoms with van der Waals surface area (Å²) in [5, 5.41) is 12.6. The highest BCUT2D eigenvalue weighted by atomic mass is 16.3. The number of Topliss-reactive ketones (excluding diaryl/α,β-unsaturated/α-hetero) is 1. The molecule has 25 heavy (non-hydrogen) atoms. The van der Waals surface area contributed by atoms with Crippen LogP contribution in [0.3, 0.4) is 0 Å². The number of carbonyl (C=O) groups excluding carboxylic acids is 1. The smallest absolute Gasteiger partial charge is 0.140 e.